The first-order valence-corrected chi connectivity index (χ1v) is 4.56. The fraction of sp³-hybridized carbons (Fsp3) is 0.333. The van der Waals surface area contributed by atoms with Gasteiger partial charge in [-0.05, 0) is 5.56 Å². The molecule has 0 radical (unpaired) electrons. The van der Waals surface area contributed by atoms with E-state index in [0.717, 1.165) is 6.07 Å². The van der Waals surface area contributed by atoms with Crippen molar-refractivity contribution in [1.82, 2.24) is 4.98 Å². The number of carboxylic acids is 1. The molecular weight excluding hydrogens is 244 g/mol. The normalized spacial score (nSPS) is 10.6. The van der Waals surface area contributed by atoms with Crippen LogP contribution in [0.4, 0.5) is 8.78 Å². The molecule has 0 fully saturated rings. The van der Waals surface area contributed by atoms with Crippen LogP contribution in [0, 0.1) is 0 Å². The average molecular weight is 252 g/mol. The number of ether oxygens (including phenoxy) is 1. The van der Waals surface area contributed by atoms with Gasteiger partial charge in [-0.15, -0.1) is 0 Å². The van der Waals surface area contributed by atoms with Crippen molar-refractivity contribution in [2.24, 2.45) is 0 Å². The molecule has 0 atom stereocenters. The van der Waals surface area contributed by atoms with E-state index in [2.05, 4.69) is 4.98 Å². The minimum atomic E-state index is -2.87. The first-order chi connectivity index (χ1) is 7.45. The SMILES string of the molecule is COc1cc(CC(=O)O)c(C(F)F)c(Cl)n1. The molecule has 0 saturated heterocycles. The van der Waals surface area contributed by atoms with E-state index in [1.54, 1.807) is 0 Å². The Hall–Kier alpha value is -1.43. The summed E-state index contributed by atoms with van der Waals surface area (Å²) in [5.41, 5.74) is -0.663. The summed E-state index contributed by atoms with van der Waals surface area (Å²) in [6, 6.07) is 1.14. The van der Waals surface area contributed by atoms with Crippen LogP contribution < -0.4 is 4.74 Å². The monoisotopic (exact) mass is 251 g/mol. The van der Waals surface area contributed by atoms with Gasteiger partial charge in [-0.25, -0.2) is 13.8 Å². The van der Waals surface area contributed by atoms with Crippen molar-refractivity contribution in [1.29, 1.82) is 0 Å². The van der Waals surface area contributed by atoms with Crippen LogP contribution in [0.1, 0.15) is 17.6 Å². The molecule has 1 rings (SSSR count). The molecule has 1 aromatic rings. The number of halogens is 3. The van der Waals surface area contributed by atoms with Crippen LogP contribution in [-0.2, 0) is 11.2 Å². The lowest BCUT2D eigenvalue weighted by Crippen LogP contribution is -2.06. The second-order valence-electron chi connectivity index (χ2n) is 2.90. The van der Waals surface area contributed by atoms with Crippen molar-refractivity contribution in [2.45, 2.75) is 12.8 Å². The number of carbonyl (C=O) groups is 1. The number of carboxylic acid groups (broad SMARTS) is 1. The number of hydrogen-bond acceptors (Lipinski definition) is 3. The summed E-state index contributed by atoms with van der Waals surface area (Å²) in [5, 5.41) is 8.14. The lowest BCUT2D eigenvalue weighted by molar-refractivity contribution is -0.136. The Balaban J connectivity index is 3.28. The minimum absolute atomic E-state index is 0.00523. The van der Waals surface area contributed by atoms with Gasteiger partial charge in [0.15, 0.2) is 0 Å². The van der Waals surface area contributed by atoms with Crippen LogP contribution >= 0.6 is 11.6 Å². The molecule has 0 bridgehead atoms. The average Bonchev–Trinajstić information content (AvgIpc) is 2.14. The van der Waals surface area contributed by atoms with E-state index < -0.39 is 29.5 Å². The van der Waals surface area contributed by atoms with E-state index >= 15 is 0 Å². The Morgan fingerprint density at radius 2 is 2.31 bits per heavy atom. The van der Waals surface area contributed by atoms with Gasteiger partial charge < -0.3 is 9.84 Å². The minimum Gasteiger partial charge on any atom is -0.481 e. The van der Waals surface area contributed by atoms with Crippen LogP contribution in [0.15, 0.2) is 6.07 Å². The Morgan fingerprint density at radius 1 is 1.69 bits per heavy atom. The van der Waals surface area contributed by atoms with Crippen molar-refractivity contribution in [2.75, 3.05) is 7.11 Å². The Bertz CT molecular complexity index is 412. The van der Waals surface area contributed by atoms with E-state index in [0.29, 0.717) is 0 Å². The topological polar surface area (TPSA) is 59.4 Å². The van der Waals surface area contributed by atoms with Crippen LogP contribution in [0.25, 0.3) is 0 Å². The van der Waals surface area contributed by atoms with Gasteiger partial charge in [0, 0.05) is 6.07 Å². The number of pyridine rings is 1. The third kappa shape index (κ3) is 2.79. The number of nitrogens with zero attached hydrogens (tertiary/aromatic N) is 1. The second-order valence-corrected chi connectivity index (χ2v) is 3.26. The molecule has 0 unspecified atom stereocenters. The van der Waals surface area contributed by atoms with E-state index in [1.807, 2.05) is 0 Å². The number of aliphatic carboxylic acids is 1. The first kappa shape index (κ1) is 12.6. The van der Waals surface area contributed by atoms with E-state index in [9.17, 15) is 13.6 Å². The molecule has 1 N–H and O–H groups in total. The fourth-order valence-corrected chi connectivity index (χ4v) is 1.48. The third-order valence-corrected chi connectivity index (χ3v) is 2.13. The molecule has 0 aliphatic rings. The predicted molar refractivity (Wildman–Crippen MR) is 52.1 cm³/mol. The quantitative estimate of drug-likeness (QED) is 0.834. The van der Waals surface area contributed by atoms with E-state index in [4.69, 9.17) is 21.4 Å². The molecule has 0 saturated carbocycles. The van der Waals surface area contributed by atoms with Crippen molar-refractivity contribution in [3.8, 4) is 5.88 Å². The number of methoxy groups -OCH3 is 1. The molecular formula is C9H8ClF2NO3. The molecule has 1 heterocycles. The molecule has 1 aromatic heterocycles. The van der Waals surface area contributed by atoms with Crippen molar-refractivity contribution in [3.63, 3.8) is 0 Å². The van der Waals surface area contributed by atoms with E-state index in [-0.39, 0.29) is 11.4 Å². The van der Waals surface area contributed by atoms with Gasteiger partial charge in [0.1, 0.15) is 5.15 Å². The largest absolute Gasteiger partial charge is 0.481 e. The zero-order valence-corrected chi connectivity index (χ0v) is 8.96. The molecule has 0 aliphatic heterocycles. The summed E-state index contributed by atoms with van der Waals surface area (Å²) in [5.74, 6) is -1.23. The van der Waals surface area contributed by atoms with Crippen LogP contribution in [0.5, 0.6) is 5.88 Å². The third-order valence-electron chi connectivity index (χ3n) is 1.84. The molecule has 16 heavy (non-hydrogen) atoms. The molecule has 0 aromatic carbocycles. The highest BCUT2D eigenvalue weighted by Gasteiger charge is 2.21. The van der Waals surface area contributed by atoms with Crippen LogP contribution in [0.3, 0.4) is 0 Å². The molecule has 7 heteroatoms. The molecule has 4 nitrogen and oxygen atoms in total. The van der Waals surface area contributed by atoms with Gasteiger partial charge in [0.2, 0.25) is 5.88 Å². The van der Waals surface area contributed by atoms with Crippen molar-refractivity contribution >= 4 is 17.6 Å². The Morgan fingerprint density at radius 3 is 2.75 bits per heavy atom. The van der Waals surface area contributed by atoms with Gasteiger partial charge >= 0.3 is 5.97 Å². The maximum Gasteiger partial charge on any atom is 0.307 e. The standard InChI is InChI=1S/C9H8ClF2NO3/c1-16-5-2-4(3-6(14)15)7(9(11)12)8(10)13-5/h2,9H,3H2,1H3,(H,14,15). The maximum atomic E-state index is 12.6. The van der Waals surface area contributed by atoms with E-state index in [1.165, 1.54) is 7.11 Å². The zero-order valence-electron chi connectivity index (χ0n) is 8.21. The van der Waals surface area contributed by atoms with Gasteiger partial charge in [-0.2, -0.15) is 0 Å². The highest BCUT2D eigenvalue weighted by molar-refractivity contribution is 6.30. The van der Waals surface area contributed by atoms with Gasteiger partial charge in [0.25, 0.3) is 6.43 Å². The number of hydrogen-bond donors (Lipinski definition) is 1. The maximum absolute atomic E-state index is 12.6. The highest BCUT2D eigenvalue weighted by Crippen LogP contribution is 2.31. The number of alkyl halides is 2. The van der Waals surface area contributed by atoms with Crippen LogP contribution in [0.2, 0.25) is 5.15 Å². The smallest absolute Gasteiger partial charge is 0.307 e. The molecule has 0 spiro atoms. The summed E-state index contributed by atoms with van der Waals surface area (Å²) in [4.78, 5) is 14.1. The Kier molecular flexibility index (Phi) is 4.00. The van der Waals surface area contributed by atoms with Gasteiger partial charge in [-0.3, -0.25) is 4.79 Å². The summed E-state index contributed by atoms with van der Waals surface area (Å²) >= 11 is 5.53. The zero-order chi connectivity index (χ0) is 12.3. The predicted octanol–water partition coefficient (Wildman–Crippen LogP) is 2.31. The van der Waals surface area contributed by atoms with Crippen LogP contribution in [-0.4, -0.2) is 23.2 Å². The summed E-state index contributed by atoms with van der Waals surface area (Å²) in [6.07, 6.45) is -3.43. The summed E-state index contributed by atoms with van der Waals surface area (Å²) in [6.45, 7) is 0. The Labute approximate surface area is 94.8 Å². The van der Waals surface area contributed by atoms with Gasteiger partial charge in [0.05, 0.1) is 19.1 Å². The molecule has 0 aliphatic carbocycles. The van der Waals surface area contributed by atoms with Crippen molar-refractivity contribution in [3.05, 3.63) is 22.3 Å². The second kappa shape index (κ2) is 5.07. The lowest BCUT2D eigenvalue weighted by Gasteiger charge is -2.10. The number of aromatic nitrogens is 1. The summed E-state index contributed by atoms with van der Waals surface area (Å²) < 4.78 is 30.0. The molecule has 0 amide bonds. The molecule has 88 valence electrons. The highest BCUT2D eigenvalue weighted by atomic mass is 35.5. The lowest BCUT2D eigenvalue weighted by atomic mass is 10.1. The number of rotatable bonds is 4. The first-order valence-electron chi connectivity index (χ1n) is 4.19. The van der Waals surface area contributed by atoms with Crippen molar-refractivity contribution < 1.29 is 23.4 Å². The fourth-order valence-electron chi connectivity index (χ4n) is 1.19. The summed E-state index contributed by atoms with van der Waals surface area (Å²) in [7, 11) is 1.28. The van der Waals surface area contributed by atoms with Gasteiger partial charge in [-0.1, -0.05) is 11.6 Å².